The zero-order valence-corrected chi connectivity index (χ0v) is 18.3. The van der Waals surface area contributed by atoms with Gasteiger partial charge in [0.05, 0.1) is 16.9 Å². The molecule has 1 heterocycles. The Morgan fingerprint density at radius 2 is 1.97 bits per heavy atom. The average Bonchev–Trinajstić information content (AvgIpc) is 3.05. The van der Waals surface area contributed by atoms with Crippen molar-refractivity contribution in [1.82, 2.24) is 0 Å². The van der Waals surface area contributed by atoms with Crippen LogP contribution in [0.3, 0.4) is 0 Å². The van der Waals surface area contributed by atoms with E-state index in [2.05, 4.69) is 26.1 Å². The summed E-state index contributed by atoms with van der Waals surface area (Å²) in [5, 5.41) is 14.1. The second-order valence-electron chi connectivity index (χ2n) is 8.50. The fraction of sp³-hybridized carbons (Fsp3) is 0.455. The molecule has 1 aromatic heterocycles. The predicted molar refractivity (Wildman–Crippen MR) is 118 cm³/mol. The molecule has 3 N–H and O–H groups in total. The number of nitrogens with zero attached hydrogens (tertiary/aromatic N) is 1. The lowest BCUT2D eigenvalue weighted by atomic mass is 9.69. The molecule has 0 bridgehead atoms. The Labute approximate surface area is 179 Å². The van der Waals surface area contributed by atoms with E-state index in [1.807, 2.05) is 0 Å². The highest BCUT2D eigenvalue weighted by atomic mass is 32.1. The molecular weight excluding hydrogens is 402 g/mol. The number of nitro benzene ring substituents is 1. The second kappa shape index (κ2) is 8.55. The van der Waals surface area contributed by atoms with Gasteiger partial charge >= 0.3 is 0 Å². The van der Waals surface area contributed by atoms with Crippen LogP contribution in [0.2, 0.25) is 0 Å². The first kappa shape index (κ1) is 22.0. The van der Waals surface area contributed by atoms with Crippen molar-refractivity contribution in [1.29, 1.82) is 0 Å². The maximum Gasteiger partial charge on any atom is 0.269 e. The third kappa shape index (κ3) is 4.53. The van der Waals surface area contributed by atoms with Crippen molar-refractivity contribution in [2.75, 3.05) is 5.32 Å². The lowest BCUT2D eigenvalue weighted by molar-refractivity contribution is -0.384. The summed E-state index contributed by atoms with van der Waals surface area (Å²) in [6.07, 6.45) is 3.82. The third-order valence-corrected chi connectivity index (χ3v) is 7.46. The molecule has 0 saturated carbocycles. The van der Waals surface area contributed by atoms with Gasteiger partial charge < -0.3 is 11.1 Å². The smallest absolute Gasteiger partial charge is 0.269 e. The molecule has 30 heavy (non-hydrogen) atoms. The fourth-order valence-electron chi connectivity index (χ4n) is 3.98. The fourth-order valence-corrected chi connectivity index (χ4v) is 5.33. The molecule has 3 rings (SSSR count). The van der Waals surface area contributed by atoms with Crippen LogP contribution >= 0.6 is 11.3 Å². The van der Waals surface area contributed by atoms with Gasteiger partial charge in [0.1, 0.15) is 5.00 Å². The molecule has 160 valence electrons. The minimum Gasteiger partial charge on any atom is -0.365 e. The Morgan fingerprint density at radius 1 is 1.30 bits per heavy atom. The second-order valence-corrected chi connectivity index (χ2v) is 9.61. The number of rotatable bonds is 7. The van der Waals surface area contributed by atoms with Gasteiger partial charge in [-0.15, -0.1) is 11.3 Å². The van der Waals surface area contributed by atoms with E-state index in [0.717, 1.165) is 36.1 Å². The normalized spacial score (nSPS) is 16.0. The van der Waals surface area contributed by atoms with Crippen LogP contribution in [-0.2, 0) is 24.1 Å². The lowest BCUT2D eigenvalue weighted by Crippen LogP contribution is -2.29. The summed E-state index contributed by atoms with van der Waals surface area (Å²) in [6.45, 7) is 6.75. The molecule has 1 aromatic carbocycles. The van der Waals surface area contributed by atoms with Gasteiger partial charge in [0.2, 0.25) is 5.91 Å². The number of fused-ring (bicyclic) bond motifs is 1. The van der Waals surface area contributed by atoms with Crippen LogP contribution in [0.5, 0.6) is 0 Å². The molecule has 1 aliphatic carbocycles. The summed E-state index contributed by atoms with van der Waals surface area (Å²) in [6, 6.07) is 5.86. The number of amides is 2. The number of nitro groups is 1. The number of anilines is 1. The number of carbonyl (C=O) groups excluding carboxylic acids is 2. The van der Waals surface area contributed by atoms with Crippen LogP contribution in [0.15, 0.2) is 24.3 Å². The van der Waals surface area contributed by atoms with E-state index >= 15 is 0 Å². The number of hydrogen-bond acceptors (Lipinski definition) is 5. The monoisotopic (exact) mass is 429 g/mol. The number of nitrogens with one attached hydrogen (secondary N) is 1. The van der Waals surface area contributed by atoms with Crippen LogP contribution in [0, 0.1) is 21.4 Å². The van der Waals surface area contributed by atoms with Crippen molar-refractivity contribution in [2.24, 2.45) is 17.1 Å². The predicted octanol–water partition coefficient (Wildman–Crippen LogP) is 4.48. The number of thiophene rings is 1. The highest BCUT2D eigenvalue weighted by Gasteiger charge is 2.35. The molecule has 1 aliphatic rings. The van der Waals surface area contributed by atoms with E-state index in [9.17, 15) is 19.7 Å². The third-order valence-electron chi connectivity index (χ3n) is 6.29. The maximum absolute atomic E-state index is 12.6. The Morgan fingerprint density at radius 3 is 2.53 bits per heavy atom. The summed E-state index contributed by atoms with van der Waals surface area (Å²) < 4.78 is 0. The molecule has 0 fully saturated rings. The van der Waals surface area contributed by atoms with E-state index in [4.69, 9.17) is 5.73 Å². The summed E-state index contributed by atoms with van der Waals surface area (Å²) in [5.74, 6) is -0.278. The first-order chi connectivity index (χ1) is 14.1. The molecule has 0 saturated heterocycles. The topological polar surface area (TPSA) is 115 Å². The molecule has 7 nitrogen and oxygen atoms in total. The van der Waals surface area contributed by atoms with Gasteiger partial charge in [-0.1, -0.05) is 39.3 Å². The van der Waals surface area contributed by atoms with Gasteiger partial charge in [-0.25, -0.2) is 0 Å². The van der Waals surface area contributed by atoms with Crippen molar-refractivity contribution < 1.29 is 14.5 Å². The standard InChI is InChI=1S/C22H27N3O4S/c1-4-22(2,3)14-7-10-16-17(12-14)30-21(19(16)20(23)27)24-18(26)11-13-5-8-15(9-6-13)25(28)29/h5-6,8-9,14H,4,7,10-12H2,1-3H3,(H2,23,27)(H,24,26)/t14-/m1/s1. The van der Waals surface area contributed by atoms with Gasteiger partial charge in [-0.2, -0.15) is 0 Å². The Hall–Kier alpha value is -2.74. The maximum atomic E-state index is 12.6. The van der Waals surface area contributed by atoms with Crippen molar-refractivity contribution in [3.8, 4) is 0 Å². The first-order valence-electron chi connectivity index (χ1n) is 10.1. The SMILES string of the molecule is CCC(C)(C)[C@@H]1CCc2c(sc(NC(=O)Cc3ccc([N+](=O)[O-])cc3)c2C(N)=O)C1. The number of nitrogens with two attached hydrogens (primary N) is 1. The first-order valence-corrected chi connectivity index (χ1v) is 10.9. The van der Waals surface area contributed by atoms with Crippen molar-refractivity contribution in [3.05, 3.63) is 55.9 Å². The van der Waals surface area contributed by atoms with Crippen molar-refractivity contribution in [3.63, 3.8) is 0 Å². The molecule has 8 heteroatoms. The molecule has 0 unspecified atom stereocenters. The Kier molecular flexibility index (Phi) is 6.26. The Balaban J connectivity index is 1.78. The van der Waals surface area contributed by atoms with Gasteiger partial charge in [0.25, 0.3) is 11.6 Å². The molecule has 0 spiro atoms. The van der Waals surface area contributed by atoms with Gasteiger partial charge in [-0.3, -0.25) is 19.7 Å². The summed E-state index contributed by atoms with van der Waals surface area (Å²) in [7, 11) is 0. The van der Waals surface area contributed by atoms with Crippen molar-refractivity contribution >= 4 is 33.8 Å². The molecule has 0 radical (unpaired) electrons. The van der Waals surface area contributed by atoms with Gasteiger partial charge in [0.15, 0.2) is 0 Å². The van der Waals surface area contributed by atoms with Crippen LogP contribution in [0.1, 0.15) is 60.0 Å². The molecule has 2 aromatic rings. The highest BCUT2D eigenvalue weighted by Crippen LogP contribution is 2.45. The largest absolute Gasteiger partial charge is 0.365 e. The van der Waals surface area contributed by atoms with E-state index in [1.54, 1.807) is 12.1 Å². The highest BCUT2D eigenvalue weighted by molar-refractivity contribution is 7.17. The molecular formula is C22H27N3O4S. The van der Waals surface area contributed by atoms with Crippen LogP contribution in [-0.4, -0.2) is 16.7 Å². The van der Waals surface area contributed by atoms with E-state index in [-0.39, 0.29) is 23.4 Å². The molecule has 1 atom stereocenters. The zero-order valence-electron chi connectivity index (χ0n) is 17.5. The number of benzene rings is 1. The Bertz CT molecular complexity index is 979. The van der Waals surface area contributed by atoms with Crippen LogP contribution in [0.4, 0.5) is 10.7 Å². The van der Waals surface area contributed by atoms with Gasteiger partial charge in [0, 0.05) is 17.0 Å². The zero-order chi connectivity index (χ0) is 22.1. The molecule has 2 amide bonds. The van der Waals surface area contributed by atoms with E-state index in [1.165, 1.54) is 23.5 Å². The number of primary amides is 1. The average molecular weight is 430 g/mol. The van der Waals surface area contributed by atoms with E-state index < -0.39 is 10.8 Å². The summed E-state index contributed by atoms with van der Waals surface area (Å²) >= 11 is 1.44. The number of hydrogen-bond donors (Lipinski definition) is 2. The minimum atomic E-state index is -0.522. The van der Waals surface area contributed by atoms with Crippen LogP contribution < -0.4 is 11.1 Å². The number of non-ortho nitro benzene ring substituents is 1. The van der Waals surface area contributed by atoms with E-state index in [0.29, 0.717) is 22.0 Å². The summed E-state index contributed by atoms with van der Waals surface area (Å²) in [4.78, 5) is 36.1. The summed E-state index contributed by atoms with van der Waals surface area (Å²) in [5.41, 5.74) is 7.91. The number of carbonyl (C=O) groups is 2. The quantitative estimate of drug-likeness (QED) is 0.499. The van der Waals surface area contributed by atoms with Crippen LogP contribution in [0.25, 0.3) is 0 Å². The van der Waals surface area contributed by atoms with Gasteiger partial charge in [-0.05, 0) is 41.7 Å². The molecule has 0 aliphatic heterocycles. The minimum absolute atomic E-state index is 0.0225. The lowest BCUT2D eigenvalue weighted by Gasteiger charge is -2.36. The van der Waals surface area contributed by atoms with Crippen molar-refractivity contribution in [2.45, 2.75) is 52.9 Å².